The van der Waals surface area contributed by atoms with Crippen LogP contribution < -0.4 is 10.6 Å². The van der Waals surface area contributed by atoms with E-state index < -0.39 is 0 Å². The lowest BCUT2D eigenvalue weighted by Crippen LogP contribution is -2.33. The molecule has 0 spiro atoms. The minimum absolute atomic E-state index is 0.558. The SMILES string of the molecule is CCc1nnc(N(CC(C)C)C2CC2)c(CN)c1CC. The predicted octanol–water partition coefficient (Wildman–Crippen LogP) is 2.68. The maximum absolute atomic E-state index is 6.05. The molecule has 4 nitrogen and oxygen atoms in total. The molecule has 0 amide bonds. The van der Waals surface area contributed by atoms with E-state index in [1.807, 2.05) is 0 Å². The summed E-state index contributed by atoms with van der Waals surface area (Å²) in [6, 6.07) is 0.647. The van der Waals surface area contributed by atoms with Crippen LogP contribution in [0.15, 0.2) is 0 Å². The van der Waals surface area contributed by atoms with Gasteiger partial charge in [-0.2, -0.15) is 5.10 Å². The second kappa shape index (κ2) is 6.53. The molecular formula is C16H28N4. The molecular weight excluding hydrogens is 248 g/mol. The second-order valence-electron chi connectivity index (χ2n) is 6.12. The van der Waals surface area contributed by atoms with E-state index in [0.717, 1.165) is 30.9 Å². The number of rotatable bonds is 7. The Balaban J connectivity index is 2.43. The Bertz CT molecular complexity index is 452. The normalized spacial score (nSPS) is 14.9. The minimum atomic E-state index is 0.558. The first-order valence-electron chi connectivity index (χ1n) is 7.96. The summed E-state index contributed by atoms with van der Waals surface area (Å²) in [6.45, 7) is 10.4. The van der Waals surface area contributed by atoms with E-state index >= 15 is 0 Å². The quantitative estimate of drug-likeness (QED) is 0.832. The average molecular weight is 276 g/mol. The van der Waals surface area contributed by atoms with Crippen molar-refractivity contribution in [3.05, 3.63) is 16.8 Å². The number of nitrogens with zero attached hydrogens (tertiary/aromatic N) is 3. The molecule has 0 saturated heterocycles. The third-order valence-electron chi connectivity index (χ3n) is 3.96. The molecule has 0 radical (unpaired) electrons. The fraction of sp³-hybridized carbons (Fsp3) is 0.750. The van der Waals surface area contributed by atoms with Crippen molar-refractivity contribution in [2.24, 2.45) is 11.7 Å². The van der Waals surface area contributed by atoms with Crippen LogP contribution in [0.3, 0.4) is 0 Å². The van der Waals surface area contributed by atoms with E-state index in [0.29, 0.717) is 18.5 Å². The fourth-order valence-electron chi connectivity index (χ4n) is 2.87. The first-order valence-corrected chi connectivity index (χ1v) is 7.96. The van der Waals surface area contributed by atoms with E-state index in [9.17, 15) is 0 Å². The lowest BCUT2D eigenvalue weighted by atomic mass is 10.0. The molecule has 1 aromatic heterocycles. The van der Waals surface area contributed by atoms with Gasteiger partial charge in [0.25, 0.3) is 0 Å². The first-order chi connectivity index (χ1) is 9.62. The van der Waals surface area contributed by atoms with Crippen molar-refractivity contribution in [2.75, 3.05) is 11.4 Å². The Morgan fingerprint density at radius 1 is 1.15 bits per heavy atom. The lowest BCUT2D eigenvalue weighted by molar-refractivity contribution is 0.596. The van der Waals surface area contributed by atoms with Crippen LogP contribution in [-0.4, -0.2) is 22.8 Å². The van der Waals surface area contributed by atoms with E-state index in [4.69, 9.17) is 5.73 Å². The van der Waals surface area contributed by atoms with Crippen molar-refractivity contribution in [1.29, 1.82) is 0 Å². The lowest BCUT2D eigenvalue weighted by Gasteiger charge is -2.28. The predicted molar refractivity (Wildman–Crippen MR) is 83.9 cm³/mol. The zero-order chi connectivity index (χ0) is 14.7. The molecule has 0 bridgehead atoms. The summed E-state index contributed by atoms with van der Waals surface area (Å²) in [5, 5.41) is 9.01. The molecule has 112 valence electrons. The van der Waals surface area contributed by atoms with Crippen LogP contribution >= 0.6 is 0 Å². The van der Waals surface area contributed by atoms with Crippen molar-refractivity contribution >= 4 is 5.82 Å². The highest BCUT2D eigenvalue weighted by Crippen LogP contribution is 2.34. The van der Waals surface area contributed by atoms with Crippen molar-refractivity contribution in [1.82, 2.24) is 10.2 Å². The van der Waals surface area contributed by atoms with Gasteiger partial charge in [0.05, 0.1) is 5.69 Å². The molecule has 1 fully saturated rings. The summed E-state index contributed by atoms with van der Waals surface area (Å²) in [6.07, 6.45) is 4.46. The van der Waals surface area contributed by atoms with E-state index in [-0.39, 0.29) is 0 Å². The molecule has 1 aliphatic rings. The Morgan fingerprint density at radius 3 is 2.30 bits per heavy atom. The van der Waals surface area contributed by atoms with Gasteiger partial charge in [-0.15, -0.1) is 5.10 Å². The van der Waals surface area contributed by atoms with Crippen LogP contribution in [0, 0.1) is 5.92 Å². The molecule has 1 aliphatic carbocycles. The minimum Gasteiger partial charge on any atom is -0.352 e. The largest absolute Gasteiger partial charge is 0.352 e. The Morgan fingerprint density at radius 2 is 1.85 bits per heavy atom. The van der Waals surface area contributed by atoms with Gasteiger partial charge in [0.1, 0.15) is 0 Å². The number of aromatic nitrogens is 2. The molecule has 0 unspecified atom stereocenters. The molecule has 2 rings (SSSR count). The summed E-state index contributed by atoms with van der Waals surface area (Å²) < 4.78 is 0. The maximum Gasteiger partial charge on any atom is 0.156 e. The summed E-state index contributed by atoms with van der Waals surface area (Å²) in [5.41, 5.74) is 9.68. The van der Waals surface area contributed by atoms with Gasteiger partial charge < -0.3 is 10.6 Å². The third-order valence-corrected chi connectivity index (χ3v) is 3.96. The van der Waals surface area contributed by atoms with Crippen LogP contribution in [0.25, 0.3) is 0 Å². The van der Waals surface area contributed by atoms with Gasteiger partial charge in [-0.1, -0.05) is 27.7 Å². The molecule has 0 atom stereocenters. The molecule has 2 N–H and O–H groups in total. The highest BCUT2D eigenvalue weighted by Gasteiger charge is 2.32. The monoisotopic (exact) mass is 276 g/mol. The summed E-state index contributed by atoms with van der Waals surface area (Å²) >= 11 is 0. The van der Waals surface area contributed by atoms with Crippen LogP contribution in [0.5, 0.6) is 0 Å². The molecule has 4 heteroatoms. The molecule has 0 aliphatic heterocycles. The Labute approximate surface area is 122 Å². The topological polar surface area (TPSA) is 55.0 Å². The van der Waals surface area contributed by atoms with Crippen LogP contribution in [0.4, 0.5) is 5.82 Å². The van der Waals surface area contributed by atoms with Crippen molar-refractivity contribution in [3.8, 4) is 0 Å². The van der Waals surface area contributed by atoms with Gasteiger partial charge in [0.15, 0.2) is 5.82 Å². The summed E-state index contributed by atoms with van der Waals surface area (Å²) in [5.74, 6) is 1.66. The molecule has 1 heterocycles. The van der Waals surface area contributed by atoms with Gasteiger partial charge in [-0.05, 0) is 37.2 Å². The van der Waals surface area contributed by atoms with E-state index in [1.165, 1.54) is 24.0 Å². The maximum atomic E-state index is 6.05. The smallest absolute Gasteiger partial charge is 0.156 e. The number of anilines is 1. The zero-order valence-corrected chi connectivity index (χ0v) is 13.3. The van der Waals surface area contributed by atoms with E-state index in [1.54, 1.807) is 0 Å². The number of hydrogen-bond acceptors (Lipinski definition) is 4. The van der Waals surface area contributed by atoms with Crippen molar-refractivity contribution < 1.29 is 0 Å². The zero-order valence-electron chi connectivity index (χ0n) is 13.3. The summed E-state index contributed by atoms with van der Waals surface area (Å²) in [7, 11) is 0. The molecule has 1 saturated carbocycles. The highest BCUT2D eigenvalue weighted by atomic mass is 15.3. The van der Waals surface area contributed by atoms with Gasteiger partial charge in [0, 0.05) is 24.7 Å². The second-order valence-corrected chi connectivity index (χ2v) is 6.12. The Hall–Kier alpha value is -1.16. The van der Waals surface area contributed by atoms with Gasteiger partial charge in [0.2, 0.25) is 0 Å². The van der Waals surface area contributed by atoms with Gasteiger partial charge in [-0.3, -0.25) is 0 Å². The summed E-state index contributed by atoms with van der Waals surface area (Å²) in [4.78, 5) is 2.44. The van der Waals surface area contributed by atoms with Crippen LogP contribution in [0.1, 0.15) is 57.4 Å². The van der Waals surface area contributed by atoms with Crippen LogP contribution in [0.2, 0.25) is 0 Å². The number of aryl methyl sites for hydroxylation is 1. The number of nitrogens with two attached hydrogens (primary N) is 1. The van der Waals surface area contributed by atoms with Gasteiger partial charge in [-0.25, -0.2) is 0 Å². The average Bonchev–Trinajstić information content (AvgIpc) is 3.27. The first kappa shape index (κ1) is 15.2. The standard InChI is InChI=1S/C16H28N4/c1-5-13-14(9-17)16(19-18-15(13)6-2)20(10-11(3)4)12-7-8-12/h11-12H,5-10,17H2,1-4H3. The highest BCUT2D eigenvalue weighted by molar-refractivity contribution is 5.53. The Kier molecular flexibility index (Phi) is 4.97. The van der Waals surface area contributed by atoms with Crippen LogP contribution in [-0.2, 0) is 19.4 Å². The number of hydrogen-bond donors (Lipinski definition) is 1. The molecule has 1 aromatic rings. The fourth-order valence-corrected chi connectivity index (χ4v) is 2.87. The molecule has 0 aromatic carbocycles. The van der Waals surface area contributed by atoms with Crippen molar-refractivity contribution in [2.45, 2.75) is 66.0 Å². The van der Waals surface area contributed by atoms with E-state index in [2.05, 4.69) is 42.8 Å². The third kappa shape index (κ3) is 3.11. The van der Waals surface area contributed by atoms with Crippen molar-refractivity contribution in [3.63, 3.8) is 0 Å². The molecule has 20 heavy (non-hydrogen) atoms. The van der Waals surface area contributed by atoms with Gasteiger partial charge >= 0.3 is 0 Å².